The molecule has 236 valence electrons. The summed E-state index contributed by atoms with van der Waals surface area (Å²) in [7, 11) is 3.82. The highest BCUT2D eigenvalue weighted by Crippen LogP contribution is 2.38. The van der Waals surface area contributed by atoms with E-state index in [4.69, 9.17) is 0 Å². The molecule has 0 unspecified atom stereocenters. The zero-order valence-electron chi connectivity index (χ0n) is 26.2. The van der Waals surface area contributed by atoms with Crippen molar-refractivity contribution in [2.24, 2.45) is 11.8 Å². The molecule has 3 atom stereocenters. The average molecular weight is 602 g/mol. The van der Waals surface area contributed by atoms with E-state index in [-0.39, 0.29) is 41.2 Å². The molecule has 0 saturated carbocycles. The Morgan fingerprint density at radius 2 is 1.65 bits per heavy atom. The first kappa shape index (κ1) is 32.8. The minimum Gasteiger partial charge on any atom is -0.365 e. The van der Waals surface area contributed by atoms with Crippen LogP contribution < -0.4 is 10.2 Å². The molecular weight excluding hydrogens is 555 g/mol. The molecule has 0 aromatic heterocycles. The summed E-state index contributed by atoms with van der Waals surface area (Å²) in [4.78, 5) is 34.5. The minimum atomic E-state index is -0.520. The van der Waals surface area contributed by atoms with Gasteiger partial charge in [0, 0.05) is 69.8 Å². The van der Waals surface area contributed by atoms with E-state index in [1.807, 2.05) is 57.7 Å². The summed E-state index contributed by atoms with van der Waals surface area (Å²) in [6.07, 6.45) is 0.345. The van der Waals surface area contributed by atoms with Crippen molar-refractivity contribution in [1.29, 1.82) is 0 Å². The third kappa shape index (κ3) is 7.70. The molecule has 2 aliphatic heterocycles. The molecule has 2 saturated heterocycles. The predicted octanol–water partition coefficient (Wildman–Crippen LogP) is 4.64. The summed E-state index contributed by atoms with van der Waals surface area (Å²) in [5.74, 6) is -2.49. The number of nitrogens with zero attached hydrogens (tertiary/aromatic N) is 4. The van der Waals surface area contributed by atoms with Crippen LogP contribution in [0.25, 0.3) is 0 Å². The number of amides is 2. The molecule has 2 amide bonds. The molecular formula is C33H46F3N5O2. The van der Waals surface area contributed by atoms with Gasteiger partial charge in [0.25, 0.3) is 0 Å². The first-order valence-corrected chi connectivity index (χ1v) is 15.3. The molecule has 2 aliphatic rings. The van der Waals surface area contributed by atoms with E-state index in [0.717, 1.165) is 17.7 Å². The monoisotopic (exact) mass is 601 g/mol. The van der Waals surface area contributed by atoms with Crippen molar-refractivity contribution in [3.8, 4) is 0 Å². The van der Waals surface area contributed by atoms with Crippen molar-refractivity contribution < 1.29 is 22.8 Å². The Morgan fingerprint density at radius 3 is 2.28 bits per heavy atom. The van der Waals surface area contributed by atoms with Crippen LogP contribution in [0.5, 0.6) is 0 Å². The predicted molar refractivity (Wildman–Crippen MR) is 163 cm³/mol. The number of para-hydroxylation sites is 1. The summed E-state index contributed by atoms with van der Waals surface area (Å²) >= 11 is 0. The molecule has 0 bridgehead atoms. The van der Waals surface area contributed by atoms with Crippen molar-refractivity contribution in [3.05, 3.63) is 65.0 Å². The Labute approximate surface area is 254 Å². The highest BCUT2D eigenvalue weighted by molar-refractivity contribution is 5.81. The normalized spacial score (nSPS) is 20.4. The van der Waals surface area contributed by atoms with Crippen molar-refractivity contribution in [2.45, 2.75) is 52.1 Å². The number of nitrogens with one attached hydrogen (secondary N) is 1. The maximum atomic E-state index is 15.5. The molecule has 0 spiro atoms. The number of halogens is 3. The molecule has 2 aromatic rings. The number of carbonyl (C=O) groups is 2. The maximum absolute atomic E-state index is 15.5. The van der Waals surface area contributed by atoms with Gasteiger partial charge >= 0.3 is 0 Å². The van der Waals surface area contributed by atoms with Gasteiger partial charge in [-0.2, -0.15) is 0 Å². The van der Waals surface area contributed by atoms with E-state index in [9.17, 15) is 18.4 Å². The Bertz CT molecular complexity index is 1280. The molecule has 1 N–H and O–H groups in total. The Kier molecular flexibility index (Phi) is 10.8. The molecule has 2 heterocycles. The van der Waals surface area contributed by atoms with Crippen LogP contribution in [0.1, 0.15) is 57.2 Å². The SMILES string of the molecule is CC(C)[C@H](NC(=O)CCN(C)C)c1cccc(F)c1N1CCN(C(=O)[C@@H]2CN(C(C)C)C[C@H]2c2cc(F)ccc2F)CC1. The van der Waals surface area contributed by atoms with Gasteiger partial charge in [-0.3, -0.25) is 14.5 Å². The standard InChI is InChI=1S/C33H46F3N5O2/c1-21(2)31(37-30(42)12-13-38(5)6)24-8-7-9-29(36)32(24)39-14-16-40(17-15-39)33(43)27-20-41(22(3)4)19-26(27)25-18-23(34)10-11-28(25)35/h7-11,18,21-22,26-27,31H,12-17,19-20H2,1-6H3,(H,37,42)/t26-,27+,31-/m0/s1. The fourth-order valence-corrected chi connectivity index (χ4v) is 6.30. The lowest BCUT2D eigenvalue weighted by atomic mass is 9.87. The van der Waals surface area contributed by atoms with Crippen LogP contribution in [0.3, 0.4) is 0 Å². The van der Waals surface area contributed by atoms with Gasteiger partial charge in [-0.05, 0) is 63.7 Å². The number of likely N-dealkylation sites (tertiary alicyclic amines) is 1. The molecule has 2 fully saturated rings. The lowest BCUT2D eigenvalue weighted by Gasteiger charge is -2.39. The van der Waals surface area contributed by atoms with Gasteiger partial charge in [0.2, 0.25) is 11.8 Å². The second kappa shape index (κ2) is 14.1. The quantitative estimate of drug-likeness (QED) is 0.430. The van der Waals surface area contributed by atoms with Crippen LogP contribution in [-0.4, -0.2) is 92.5 Å². The number of piperazine rings is 1. The van der Waals surface area contributed by atoms with Gasteiger partial charge in [0.1, 0.15) is 17.5 Å². The lowest BCUT2D eigenvalue weighted by Crippen LogP contribution is -2.52. The Hall–Kier alpha value is -3.11. The van der Waals surface area contributed by atoms with Gasteiger partial charge in [0.05, 0.1) is 17.6 Å². The van der Waals surface area contributed by atoms with E-state index < -0.39 is 23.5 Å². The highest BCUT2D eigenvalue weighted by atomic mass is 19.1. The summed E-state index contributed by atoms with van der Waals surface area (Å²) in [5, 5.41) is 3.12. The van der Waals surface area contributed by atoms with Crippen LogP contribution in [0, 0.1) is 29.3 Å². The molecule has 7 nitrogen and oxygen atoms in total. The number of anilines is 1. The highest BCUT2D eigenvalue weighted by Gasteiger charge is 2.43. The van der Waals surface area contributed by atoms with E-state index in [1.54, 1.807) is 11.0 Å². The fourth-order valence-electron chi connectivity index (χ4n) is 6.30. The molecule has 43 heavy (non-hydrogen) atoms. The summed E-state index contributed by atoms with van der Waals surface area (Å²) in [6.45, 7) is 11.2. The molecule has 0 aliphatic carbocycles. The second-order valence-corrected chi connectivity index (χ2v) is 12.8. The zero-order chi connectivity index (χ0) is 31.4. The van der Waals surface area contributed by atoms with Crippen LogP contribution in [0.15, 0.2) is 36.4 Å². The number of hydrogen-bond acceptors (Lipinski definition) is 5. The number of carbonyl (C=O) groups excluding carboxylic acids is 2. The third-order valence-electron chi connectivity index (χ3n) is 8.78. The fraction of sp³-hybridized carbons (Fsp3) is 0.576. The molecule has 0 radical (unpaired) electrons. The number of hydrogen-bond donors (Lipinski definition) is 1. The third-order valence-corrected chi connectivity index (χ3v) is 8.78. The van der Waals surface area contributed by atoms with Gasteiger partial charge in [-0.15, -0.1) is 0 Å². The van der Waals surface area contributed by atoms with E-state index >= 15 is 4.39 Å². The summed E-state index contributed by atoms with van der Waals surface area (Å²) in [6, 6.07) is 8.19. The second-order valence-electron chi connectivity index (χ2n) is 12.8. The van der Waals surface area contributed by atoms with Gasteiger partial charge in [0.15, 0.2) is 0 Å². The zero-order valence-corrected chi connectivity index (χ0v) is 26.2. The van der Waals surface area contributed by atoms with Gasteiger partial charge < -0.3 is 20.0 Å². The lowest BCUT2D eigenvalue weighted by molar-refractivity contribution is -0.136. The smallest absolute Gasteiger partial charge is 0.227 e. The first-order valence-electron chi connectivity index (χ1n) is 15.3. The van der Waals surface area contributed by atoms with E-state index in [0.29, 0.717) is 57.9 Å². The van der Waals surface area contributed by atoms with Crippen molar-refractivity contribution in [2.75, 3.05) is 64.8 Å². The first-order chi connectivity index (χ1) is 20.4. The summed E-state index contributed by atoms with van der Waals surface area (Å²) < 4.78 is 44.4. The van der Waals surface area contributed by atoms with E-state index in [2.05, 4.69) is 10.2 Å². The topological polar surface area (TPSA) is 59.1 Å². The minimum absolute atomic E-state index is 0.0261. The van der Waals surface area contributed by atoms with Crippen molar-refractivity contribution in [3.63, 3.8) is 0 Å². The number of rotatable bonds is 10. The Morgan fingerprint density at radius 1 is 0.953 bits per heavy atom. The van der Waals surface area contributed by atoms with Gasteiger partial charge in [-0.1, -0.05) is 26.0 Å². The van der Waals surface area contributed by atoms with Gasteiger partial charge in [-0.25, -0.2) is 13.2 Å². The molecule has 4 rings (SSSR count). The number of benzene rings is 2. The van der Waals surface area contributed by atoms with Crippen molar-refractivity contribution in [1.82, 2.24) is 20.0 Å². The van der Waals surface area contributed by atoms with Crippen LogP contribution >= 0.6 is 0 Å². The molecule has 10 heteroatoms. The maximum Gasteiger partial charge on any atom is 0.227 e. The van der Waals surface area contributed by atoms with Crippen LogP contribution in [0.2, 0.25) is 0 Å². The van der Waals surface area contributed by atoms with Crippen molar-refractivity contribution >= 4 is 17.5 Å². The van der Waals surface area contributed by atoms with Crippen LogP contribution in [-0.2, 0) is 9.59 Å². The summed E-state index contributed by atoms with van der Waals surface area (Å²) in [5.41, 5.74) is 1.41. The molecule has 2 aromatic carbocycles. The average Bonchev–Trinajstić information content (AvgIpc) is 3.41. The van der Waals surface area contributed by atoms with E-state index in [1.165, 1.54) is 12.1 Å². The largest absolute Gasteiger partial charge is 0.365 e. The Balaban J connectivity index is 1.51. The van der Waals surface area contributed by atoms with Crippen LogP contribution in [0.4, 0.5) is 18.9 Å².